The van der Waals surface area contributed by atoms with Gasteiger partial charge in [0.05, 0.1) is 5.75 Å². The number of nitrogen functional groups attached to an aromatic ring is 1. The standard InChI is InChI=1S/C15H16N2OS/c1-11-2-6-13(7-3-11)17-15(18)10-19-14-8-4-12(16)5-9-14/h2-9H,10,16H2,1H3,(H,17,18). The van der Waals surface area contributed by atoms with E-state index < -0.39 is 0 Å². The molecule has 0 saturated carbocycles. The zero-order valence-corrected chi connectivity index (χ0v) is 11.5. The Labute approximate surface area is 117 Å². The summed E-state index contributed by atoms with van der Waals surface area (Å²) in [5.41, 5.74) is 8.34. The first-order chi connectivity index (χ1) is 9.13. The van der Waals surface area contributed by atoms with Crippen molar-refractivity contribution in [1.29, 1.82) is 0 Å². The largest absolute Gasteiger partial charge is 0.399 e. The third-order valence-electron chi connectivity index (χ3n) is 2.59. The zero-order valence-electron chi connectivity index (χ0n) is 10.7. The second kappa shape index (κ2) is 6.29. The highest BCUT2D eigenvalue weighted by Gasteiger charge is 2.03. The van der Waals surface area contributed by atoms with Crippen molar-refractivity contribution in [2.45, 2.75) is 11.8 Å². The van der Waals surface area contributed by atoms with Gasteiger partial charge >= 0.3 is 0 Å². The summed E-state index contributed by atoms with van der Waals surface area (Å²) in [6.45, 7) is 2.02. The van der Waals surface area contributed by atoms with Crippen LogP contribution in [0.4, 0.5) is 11.4 Å². The van der Waals surface area contributed by atoms with Gasteiger partial charge in [0.25, 0.3) is 0 Å². The zero-order chi connectivity index (χ0) is 13.7. The number of thioether (sulfide) groups is 1. The van der Waals surface area contributed by atoms with Crippen molar-refractivity contribution in [2.24, 2.45) is 0 Å². The molecule has 0 aliphatic carbocycles. The van der Waals surface area contributed by atoms with Gasteiger partial charge in [0.15, 0.2) is 0 Å². The van der Waals surface area contributed by atoms with Crippen LogP contribution in [-0.2, 0) is 4.79 Å². The summed E-state index contributed by atoms with van der Waals surface area (Å²) in [5, 5.41) is 2.87. The summed E-state index contributed by atoms with van der Waals surface area (Å²) in [7, 11) is 0. The number of nitrogens with two attached hydrogens (primary N) is 1. The predicted molar refractivity (Wildman–Crippen MR) is 81.4 cm³/mol. The molecule has 0 unspecified atom stereocenters. The van der Waals surface area contributed by atoms with Crippen LogP contribution in [0.15, 0.2) is 53.4 Å². The number of carbonyl (C=O) groups excluding carboxylic acids is 1. The number of rotatable bonds is 4. The lowest BCUT2D eigenvalue weighted by Crippen LogP contribution is -2.13. The van der Waals surface area contributed by atoms with E-state index in [9.17, 15) is 4.79 Å². The molecule has 0 aliphatic rings. The molecular weight excluding hydrogens is 256 g/mol. The van der Waals surface area contributed by atoms with Crippen molar-refractivity contribution >= 4 is 29.0 Å². The van der Waals surface area contributed by atoms with Gasteiger partial charge in [-0.1, -0.05) is 17.7 Å². The van der Waals surface area contributed by atoms with E-state index in [4.69, 9.17) is 5.73 Å². The minimum absolute atomic E-state index is 0.00863. The summed E-state index contributed by atoms with van der Waals surface area (Å²) >= 11 is 1.49. The van der Waals surface area contributed by atoms with Crippen LogP contribution in [0.3, 0.4) is 0 Å². The molecule has 0 atom stereocenters. The van der Waals surface area contributed by atoms with Crippen molar-refractivity contribution in [3.63, 3.8) is 0 Å². The molecule has 3 N–H and O–H groups in total. The fourth-order valence-corrected chi connectivity index (χ4v) is 2.25. The quantitative estimate of drug-likeness (QED) is 0.663. The van der Waals surface area contributed by atoms with Crippen LogP contribution in [0.5, 0.6) is 0 Å². The number of amides is 1. The van der Waals surface area contributed by atoms with Crippen molar-refractivity contribution in [3.8, 4) is 0 Å². The number of carbonyl (C=O) groups is 1. The van der Waals surface area contributed by atoms with Crippen LogP contribution in [-0.4, -0.2) is 11.7 Å². The van der Waals surface area contributed by atoms with Crippen LogP contribution >= 0.6 is 11.8 Å². The number of hydrogen-bond acceptors (Lipinski definition) is 3. The third-order valence-corrected chi connectivity index (χ3v) is 3.60. The molecule has 0 aliphatic heterocycles. The van der Waals surface area contributed by atoms with Crippen molar-refractivity contribution in [2.75, 3.05) is 16.8 Å². The molecule has 4 heteroatoms. The van der Waals surface area contributed by atoms with E-state index in [2.05, 4.69) is 5.32 Å². The van der Waals surface area contributed by atoms with Gasteiger partial charge in [-0.3, -0.25) is 4.79 Å². The lowest BCUT2D eigenvalue weighted by Gasteiger charge is -2.05. The van der Waals surface area contributed by atoms with Crippen molar-refractivity contribution in [1.82, 2.24) is 0 Å². The van der Waals surface area contributed by atoms with Gasteiger partial charge in [-0.25, -0.2) is 0 Å². The molecule has 0 fully saturated rings. The van der Waals surface area contributed by atoms with Gasteiger partial charge in [0, 0.05) is 16.3 Å². The molecule has 2 aromatic carbocycles. The maximum atomic E-state index is 11.8. The highest BCUT2D eigenvalue weighted by Crippen LogP contribution is 2.19. The van der Waals surface area contributed by atoms with Gasteiger partial charge in [0.1, 0.15) is 0 Å². The molecule has 0 spiro atoms. The second-order valence-corrected chi connectivity index (χ2v) is 5.32. The van der Waals surface area contributed by atoms with Crippen LogP contribution in [0.2, 0.25) is 0 Å². The number of benzene rings is 2. The van der Waals surface area contributed by atoms with E-state index in [1.165, 1.54) is 17.3 Å². The Morgan fingerprint density at radius 1 is 1.11 bits per heavy atom. The Bertz CT molecular complexity index is 549. The number of hydrogen-bond donors (Lipinski definition) is 2. The Morgan fingerprint density at radius 2 is 1.74 bits per heavy atom. The van der Waals surface area contributed by atoms with E-state index in [0.717, 1.165) is 16.3 Å². The first-order valence-corrected chi connectivity index (χ1v) is 6.97. The molecule has 0 bridgehead atoms. The minimum atomic E-state index is -0.00863. The first-order valence-electron chi connectivity index (χ1n) is 5.98. The Morgan fingerprint density at radius 3 is 2.37 bits per heavy atom. The normalized spacial score (nSPS) is 10.2. The molecule has 0 radical (unpaired) electrons. The fraction of sp³-hybridized carbons (Fsp3) is 0.133. The summed E-state index contributed by atoms with van der Waals surface area (Å²) < 4.78 is 0. The van der Waals surface area contributed by atoms with E-state index in [-0.39, 0.29) is 5.91 Å². The number of nitrogens with one attached hydrogen (secondary N) is 1. The van der Waals surface area contributed by atoms with Crippen LogP contribution in [0.1, 0.15) is 5.56 Å². The maximum absolute atomic E-state index is 11.8. The second-order valence-electron chi connectivity index (χ2n) is 4.27. The molecule has 2 rings (SSSR count). The molecular formula is C15H16N2OS. The molecule has 3 nitrogen and oxygen atoms in total. The van der Waals surface area contributed by atoms with E-state index >= 15 is 0 Å². The molecule has 98 valence electrons. The van der Waals surface area contributed by atoms with Gasteiger partial charge in [-0.2, -0.15) is 0 Å². The lowest BCUT2D eigenvalue weighted by atomic mass is 10.2. The van der Waals surface area contributed by atoms with Crippen LogP contribution in [0.25, 0.3) is 0 Å². The monoisotopic (exact) mass is 272 g/mol. The number of aryl methyl sites for hydroxylation is 1. The first kappa shape index (κ1) is 13.5. The van der Waals surface area contributed by atoms with Gasteiger partial charge in [0.2, 0.25) is 5.91 Å². The van der Waals surface area contributed by atoms with Gasteiger partial charge in [-0.05, 0) is 43.3 Å². The maximum Gasteiger partial charge on any atom is 0.234 e. The van der Waals surface area contributed by atoms with Gasteiger partial charge < -0.3 is 11.1 Å². The Balaban J connectivity index is 1.84. The van der Waals surface area contributed by atoms with Crippen LogP contribution in [0, 0.1) is 6.92 Å². The smallest absolute Gasteiger partial charge is 0.234 e. The summed E-state index contributed by atoms with van der Waals surface area (Å²) in [6, 6.07) is 15.3. The summed E-state index contributed by atoms with van der Waals surface area (Å²) in [6.07, 6.45) is 0. The van der Waals surface area contributed by atoms with E-state index in [1.54, 1.807) is 0 Å². The number of anilines is 2. The average molecular weight is 272 g/mol. The molecule has 0 heterocycles. The summed E-state index contributed by atoms with van der Waals surface area (Å²) in [4.78, 5) is 12.8. The van der Waals surface area contributed by atoms with Crippen molar-refractivity contribution in [3.05, 3.63) is 54.1 Å². The average Bonchev–Trinajstić information content (AvgIpc) is 2.41. The minimum Gasteiger partial charge on any atom is -0.399 e. The fourth-order valence-electron chi connectivity index (χ4n) is 1.55. The SMILES string of the molecule is Cc1ccc(NC(=O)CSc2ccc(N)cc2)cc1. The lowest BCUT2D eigenvalue weighted by molar-refractivity contribution is -0.113. The van der Waals surface area contributed by atoms with Gasteiger partial charge in [-0.15, -0.1) is 11.8 Å². The van der Waals surface area contributed by atoms with Crippen molar-refractivity contribution < 1.29 is 4.79 Å². The highest BCUT2D eigenvalue weighted by molar-refractivity contribution is 8.00. The van der Waals surface area contributed by atoms with E-state index in [0.29, 0.717) is 5.75 Å². The van der Waals surface area contributed by atoms with E-state index in [1.807, 2.05) is 55.5 Å². The highest BCUT2D eigenvalue weighted by atomic mass is 32.2. The third kappa shape index (κ3) is 4.34. The Kier molecular flexibility index (Phi) is 4.47. The molecule has 2 aromatic rings. The Hall–Kier alpha value is -1.94. The molecule has 0 aromatic heterocycles. The topological polar surface area (TPSA) is 55.1 Å². The van der Waals surface area contributed by atoms with Crippen LogP contribution < -0.4 is 11.1 Å². The molecule has 19 heavy (non-hydrogen) atoms. The molecule has 0 saturated heterocycles. The summed E-state index contributed by atoms with van der Waals surface area (Å²) in [5.74, 6) is 0.378. The predicted octanol–water partition coefficient (Wildman–Crippen LogP) is 3.31. The molecule has 1 amide bonds.